The molecule has 0 aliphatic heterocycles. The van der Waals surface area contributed by atoms with Crippen molar-refractivity contribution in [2.75, 3.05) is 6.26 Å². The number of benzene rings is 1. The zero-order valence-electron chi connectivity index (χ0n) is 7.13. The molecule has 64 valence electrons. The lowest BCUT2D eigenvalue weighted by Gasteiger charge is -2.02. The van der Waals surface area contributed by atoms with Gasteiger partial charge in [-0.05, 0) is 36.9 Å². The third kappa shape index (κ3) is 1.80. The Morgan fingerprint density at radius 1 is 1.50 bits per heavy atom. The first-order chi connectivity index (χ1) is 5.65. The molecular formula is C9H11NOS. The van der Waals surface area contributed by atoms with Gasteiger partial charge in [0, 0.05) is 10.5 Å². The van der Waals surface area contributed by atoms with Crippen LogP contribution in [-0.4, -0.2) is 12.2 Å². The number of aryl methyl sites for hydroxylation is 1. The summed E-state index contributed by atoms with van der Waals surface area (Å²) in [4.78, 5) is 11.9. The summed E-state index contributed by atoms with van der Waals surface area (Å²) in [5.74, 6) is -0.370. The number of hydrogen-bond acceptors (Lipinski definition) is 2. The van der Waals surface area contributed by atoms with Crippen molar-refractivity contribution >= 4 is 17.7 Å². The fraction of sp³-hybridized carbons (Fsp3) is 0.222. The molecule has 0 aliphatic rings. The number of carbonyl (C=O) groups is 1. The van der Waals surface area contributed by atoms with Gasteiger partial charge in [0.2, 0.25) is 5.91 Å². The fourth-order valence-corrected chi connectivity index (χ4v) is 1.62. The first kappa shape index (κ1) is 9.13. The van der Waals surface area contributed by atoms with Gasteiger partial charge < -0.3 is 5.73 Å². The van der Waals surface area contributed by atoms with Gasteiger partial charge in [0.1, 0.15) is 0 Å². The summed E-state index contributed by atoms with van der Waals surface area (Å²) in [6.07, 6.45) is 2.01. The molecule has 2 nitrogen and oxygen atoms in total. The molecule has 2 N–H and O–H groups in total. The van der Waals surface area contributed by atoms with Crippen molar-refractivity contribution in [2.45, 2.75) is 11.8 Å². The average Bonchev–Trinajstić information content (AvgIpc) is 2.04. The van der Waals surface area contributed by atoms with Gasteiger partial charge >= 0.3 is 0 Å². The van der Waals surface area contributed by atoms with Crippen molar-refractivity contribution in [3.63, 3.8) is 0 Å². The SMILES string of the molecule is CSc1ccc(C(N)=O)cc1C. The lowest BCUT2D eigenvalue weighted by atomic mass is 10.1. The summed E-state index contributed by atoms with van der Waals surface area (Å²) < 4.78 is 0. The summed E-state index contributed by atoms with van der Waals surface area (Å²) in [5.41, 5.74) is 6.80. The minimum atomic E-state index is -0.370. The number of carbonyl (C=O) groups excluding carboxylic acids is 1. The molecular weight excluding hydrogens is 170 g/mol. The zero-order valence-corrected chi connectivity index (χ0v) is 7.94. The predicted molar refractivity (Wildman–Crippen MR) is 51.5 cm³/mol. The summed E-state index contributed by atoms with van der Waals surface area (Å²) in [6, 6.07) is 5.48. The van der Waals surface area contributed by atoms with Gasteiger partial charge in [-0.3, -0.25) is 4.79 Å². The summed E-state index contributed by atoms with van der Waals surface area (Å²) in [5, 5.41) is 0. The Labute approximate surface area is 76.2 Å². The van der Waals surface area contributed by atoms with Crippen LogP contribution in [0.4, 0.5) is 0 Å². The molecule has 0 aromatic heterocycles. The molecule has 0 aliphatic carbocycles. The van der Waals surface area contributed by atoms with Crippen molar-refractivity contribution in [2.24, 2.45) is 5.73 Å². The van der Waals surface area contributed by atoms with Crippen LogP contribution in [0, 0.1) is 6.92 Å². The van der Waals surface area contributed by atoms with E-state index >= 15 is 0 Å². The summed E-state index contributed by atoms with van der Waals surface area (Å²) in [6.45, 7) is 1.97. The van der Waals surface area contributed by atoms with Crippen molar-refractivity contribution in [1.29, 1.82) is 0 Å². The van der Waals surface area contributed by atoms with Gasteiger partial charge in [0.25, 0.3) is 0 Å². The molecule has 0 saturated heterocycles. The molecule has 1 rings (SSSR count). The van der Waals surface area contributed by atoms with E-state index in [1.54, 1.807) is 17.8 Å². The molecule has 0 saturated carbocycles. The van der Waals surface area contributed by atoms with Crippen LogP contribution in [0.25, 0.3) is 0 Å². The molecule has 12 heavy (non-hydrogen) atoms. The maximum Gasteiger partial charge on any atom is 0.248 e. The number of amides is 1. The third-order valence-corrected chi connectivity index (χ3v) is 2.58. The quantitative estimate of drug-likeness (QED) is 0.707. The van der Waals surface area contributed by atoms with E-state index in [-0.39, 0.29) is 5.91 Å². The maximum absolute atomic E-state index is 10.8. The van der Waals surface area contributed by atoms with E-state index in [1.807, 2.05) is 25.3 Å². The molecule has 0 bridgehead atoms. The highest BCUT2D eigenvalue weighted by molar-refractivity contribution is 7.98. The Balaban J connectivity index is 3.10. The van der Waals surface area contributed by atoms with Crippen LogP contribution in [-0.2, 0) is 0 Å². The Bertz CT molecular complexity index is 309. The zero-order chi connectivity index (χ0) is 9.14. The highest BCUT2D eigenvalue weighted by Gasteiger charge is 2.02. The summed E-state index contributed by atoms with van der Waals surface area (Å²) in [7, 11) is 0. The molecule has 1 aromatic carbocycles. The molecule has 0 fully saturated rings. The van der Waals surface area contributed by atoms with Gasteiger partial charge in [0.05, 0.1) is 0 Å². The third-order valence-electron chi connectivity index (χ3n) is 1.68. The van der Waals surface area contributed by atoms with Gasteiger partial charge in [-0.1, -0.05) is 0 Å². The number of primary amides is 1. The van der Waals surface area contributed by atoms with Crippen LogP contribution in [0.1, 0.15) is 15.9 Å². The smallest absolute Gasteiger partial charge is 0.248 e. The normalized spacial score (nSPS) is 9.83. The van der Waals surface area contributed by atoms with E-state index in [2.05, 4.69) is 0 Å². The predicted octanol–water partition coefficient (Wildman–Crippen LogP) is 1.82. The molecule has 3 heteroatoms. The fourth-order valence-electron chi connectivity index (χ4n) is 1.03. The highest BCUT2D eigenvalue weighted by Crippen LogP contribution is 2.20. The molecule has 1 amide bonds. The first-order valence-electron chi connectivity index (χ1n) is 3.59. The summed E-state index contributed by atoms with van der Waals surface area (Å²) >= 11 is 1.66. The second-order valence-corrected chi connectivity index (χ2v) is 3.40. The standard InChI is InChI=1S/C9H11NOS/c1-6-5-7(9(10)11)3-4-8(6)12-2/h3-5H,1-2H3,(H2,10,11). The van der Waals surface area contributed by atoms with Crippen LogP contribution in [0.3, 0.4) is 0 Å². The molecule has 0 atom stereocenters. The maximum atomic E-state index is 10.8. The monoisotopic (exact) mass is 181 g/mol. The van der Waals surface area contributed by atoms with Crippen molar-refractivity contribution in [1.82, 2.24) is 0 Å². The van der Waals surface area contributed by atoms with Crippen molar-refractivity contribution < 1.29 is 4.79 Å². The average molecular weight is 181 g/mol. The molecule has 1 aromatic rings. The van der Waals surface area contributed by atoms with Gasteiger partial charge in [-0.15, -0.1) is 11.8 Å². The van der Waals surface area contributed by atoms with E-state index in [4.69, 9.17) is 5.73 Å². The van der Waals surface area contributed by atoms with E-state index in [0.29, 0.717) is 5.56 Å². The van der Waals surface area contributed by atoms with E-state index in [1.165, 1.54) is 4.90 Å². The van der Waals surface area contributed by atoms with E-state index in [0.717, 1.165) is 5.56 Å². The Kier molecular flexibility index (Phi) is 2.76. The number of nitrogens with two attached hydrogens (primary N) is 1. The molecule has 0 radical (unpaired) electrons. The topological polar surface area (TPSA) is 43.1 Å². The van der Waals surface area contributed by atoms with Crippen LogP contribution < -0.4 is 5.73 Å². The van der Waals surface area contributed by atoms with Crippen molar-refractivity contribution in [3.8, 4) is 0 Å². The van der Waals surface area contributed by atoms with E-state index in [9.17, 15) is 4.79 Å². The Morgan fingerprint density at radius 2 is 2.17 bits per heavy atom. The van der Waals surface area contributed by atoms with Crippen LogP contribution in [0.5, 0.6) is 0 Å². The van der Waals surface area contributed by atoms with Gasteiger partial charge in [-0.25, -0.2) is 0 Å². The minimum Gasteiger partial charge on any atom is -0.366 e. The van der Waals surface area contributed by atoms with Crippen LogP contribution >= 0.6 is 11.8 Å². The lowest BCUT2D eigenvalue weighted by Crippen LogP contribution is -2.10. The van der Waals surface area contributed by atoms with Crippen LogP contribution in [0.15, 0.2) is 23.1 Å². The molecule has 0 spiro atoms. The Morgan fingerprint density at radius 3 is 2.58 bits per heavy atom. The lowest BCUT2D eigenvalue weighted by molar-refractivity contribution is 0.1000. The highest BCUT2D eigenvalue weighted by atomic mass is 32.2. The van der Waals surface area contributed by atoms with Gasteiger partial charge in [0.15, 0.2) is 0 Å². The second kappa shape index (κ2) is 3.63. The largest absolute Gasteiger partial charge is 0.366 e. The van der Waals surface area contributed by atoms with Crippen LogP contribution in [0.2, 0.25) is 0 Å². The number of rotatable bonds is 2. The number of thioether (sulfide) groups is 1. The molecule has 0 unspecified atom stereocenters. The van der Waals surface area contributed by atoms with Gasteiger partial charge in [-0.2, -0.15) is 0 Å². The Hall–Kier alpha value is -0.960. The van der Waals surface area contributed by atoms with E-state index < -0.39 is 0 Å². The number of hydrogen-bond donors (Lipinski definition) is 1. The first-order valence-corrected chi connectivity index (χ1v) is 4.82. The second-order valence-electron chi connectivity index (χ2n) is 2.55. The minimum absolute atomic E-state index is 0.370. The van der Waals surface area contributed by atoms with Crippen molar-refractivity contribution in [3.05, 3.63) is 29.3 Å². The molecule has 0 heterocycles.